The van der Waals surface area contributed by atoms with Crippen molar-refractivity contribution >= 4 is 22.0 Å². The van der Waals surface area contributed by atoms with E-state index in [1.807, 2.05) is 13.0 Å². The summed E-state index contributed by atoms with van der Waals surface area (Å²) in [6, 6.07) is 2.00. The average Bonchev–Trinajstić information content (AvgIpc) is 2.57. The molecule has 0 saturated carbocycles. The molecular weight excluding hydrogens is 288 g/mol. The van der Waals surface area contributed by atoms with Crippen LogP contribution >= 0.6 is 15.9 Å². The molecule has 1 aromatic heterocycles. The number of aryl methyl sites for hydroxylation is 1. The molecule has 1 rings (SSSR count). The number of carbonyl (C=O) groups is 1. The molecule has 0 aliphatic rings. The summed E-state index contributed by atoms with van der Waals surface area (Å²) < 4.78 is 2.40. The van der Waals surface area contributed by atoms with Gasteiger partial charge in [-0.1, -0.05) is 6.92 Å². The number of amides is 1. The first-order chi connectivity index (χ1) is 8.10. The van der Waals surface area contributed by atoms with Crippen LogP contribution in [0.3, 0.4) is 0 Å². The van der Waals surface area contributed by atoms with Crippen LogP contribution in [0.2, 0.25) is 0 Å². The van der Waals surface area contributed by atoms with Crippen molar-refractivity contribution < 1.29 is 9.90 Å². The van der Waals surface area contributed by atoms with Gasteiger partial charge in [-0.3, -0.25) is 4.68 Å². The molecule has 0 saturated heterocycles. The van der Waals surface area contributed by atoms with Gasteiger partial charge in [-0.05, 0) is 22.4 Å². The Hall–Kier alpha value is -1.55. The van der Waals surface area contributed by atoms with E-state index in [9.17, 15) is 4.79 Å². The molecule has 17 heavy (non-hydrogen) atoms. The monoisotopic (exact) mass is 300 g/mol. The molecule has 0 bridgehead atoms. The van der Waals surface area contributed by atoms with E-state index in [1.54, 1.807) is 4.68 Å². The Morgan fingerprint density at radius 1 is 1.71 bits per heavy atom. The van der Waals surface area contributed by atoms with Crippen LogP contribution in [-0.2, 0) is 13.0 Å². The van der Waals surface area contributed by atoms with Gasteiger partial charge in [0.15, 0.2) is 5.69 Å². The van der Waals surface area contributed by atoms with E-state index in [0.717, 1.165) is 12.1 Å². The number of aromatic nitrogens is 2. The minimum absolute atomic E-state index is 0.300. The lowest BCUT2D eigenvalue weighted by atomic mass is 10.2. The number of halogens is 1. The zero-order valence-corrected chi connectivity index (χ0v) is 11.0. The molecule has 0 fully saturated rings. The summed E-state index contributed by atoms with van der Waals surface area (Å²) in [5.74, 6) is 0. The van der Waals surface area contributed by atoms with Crippen molar-refractivity contribution in [1.82, 2.24) is 15.1 Å². The van der Waals surface area contributed by atoms with Crippen LogP contribution in [0, 0.1) is 11.3 Å². The van der Waals surface area contributed by atoms with Crippen molar-refractivity contribution in [2.75, 3.05) is 6.54 Å². The number of nitrogens with zero attached hydrogens (tertiary/aromatic N) is 3. The van der Waals surface area contributed by atoms with Crippen molar-refractivity contribution in [2.45, 2.75) is 26.3 Å². The van der Waals surface area contributed by atoms with Gasteiger partial charge in [-0.15, -0.1) is 0 Å². The summed E-state index contributed by atoms with van der Waals surface area (Å²) in [6.45, 7) is 3.03. The fourth-order valence-electron chi connectivity index (χ4n) is 1.47. The molecule has 1 heterocycles. The molecule has 0 atom stereocenters. The highest BCUT2D eigenvalue weighted by atomic mass is 79.9. The Morgan fingerprint density at radius 3 is 2.94 bits per heavy atom. The molecule has 0 unspecified atom stereocenters. The molecule has 0 spiro atoms. The average molecular weight is 301 g/mol. The third kappa shape index (κ3) is 3.46. The second kappa shape index (κ2) is 6.25. The Morgan fingerprint density at radius 2 is 2.41 bits per heavy atom. The van der Waals surface area contributed by atoms with Gasteiger partial charge >= 0.3 is 6.09 Å². The molecule has 1 amide bonds. The summed E-state index contributed by atoms with van der Waals surface area (Å²) in [5.41, 5.74) is 1.18. The van der Waals surface area contributed by atoms with Crippen molar-refractivity contribution in [3.8, 4) is 6.07 Å². The quantitative estimate of drug-likeness (QED) is 0.866. The second-order valence-corrected chi connectivity index (χ2v) is 4.22. The lowest BCUT2D eigenvalue weighted by molar-refractivity contribution is 0.194. The fraction of sp³-hybridized carbons (Fsp3) is 0.500. The van der Waals surface area contributed by atoms with Gasteiger partial charge in [-0.2, -0.15) is 10.4 Å². The zero-order chi connectivity index (χ0) is 12.8. The van der Waals surface area contributed by atoms with Crippen LogP contribution in [0.15, 0.2) is 4.47 Å². The highest BCUT2D eigenvalue weighted by molar-refractivity contribution is 9.10. The third-order valence-electron chi connectivity index (χ3n) is 2.17. The van der Waals surface area contributed by atoms with E-state index in [0.29, 0.717) is 29.7 Å². The minimum atomic E-state index is -1.05. The summed E-state index contributed by atoms with van der Waals surface area (Å²) in [7, 11) is 0. The summed E-state index contributed by atoms with van der Waals surface area (Å²) in [5, 5.41) is 23.8. The number of nitrogens with one attached hydrogen (secondary N) is 1. The first kappa shape index (κ1) is 13.5. The predicted octanol–water partition coefficient (Wildman–Crippen LogP) is 1.74. The highest BCUT2D eigenvalue weighted by Gasteiger charge is 2.14. The first-order valence-corrected chi connectivity index (χ1v) is 6.01. The van der Waals surface area contributed by atoms with Gasteiger partial charge in [0.05, 0.1) is 10.2 Å². The molecule has 7 heteroatoms. The molecule has 6 nitrogen and oxygen atoms in total. The van der Waals surface area contributed by atoms with Gasteiger partial charge in [0.2, 0.25) is 0 Å². The van der Waals surface area contributed by atoms with Gasteiger partial charge in [0.1, 0.15) is 6.07 Å². The summed E-state index contributed by atoms with van der Waals surface area (Å²) in [6.07, 6.45) is 0.350. The van der Waals surface area contributed by atoms with Crippen molar-refractivity contribution in [1.29, 1.82) is 5.26 Å². The molecule has 0 aliphatic carbocycles. The first-order valence-electron chi connectivity index (χ1n) is 5.22. The van der Waals surface area contributed by atoms with Crippen LogP contribution in [0.25, 0.3) is 0 Å². The molecule has 0 radical (unpaired) electrons. The second-order valence-electron chi connectivity index (χ2n) is 3.43. The maximum Gasteiger partial charge on any atom is 0.404 e. The SMILES string of the molecule is CCCn1nc(C#N)c(Br)c1CCNC(=O)O. The van der Waals surface area contributed by atoms with Gasteiger partial charge in [0, 0.05) is 19.5 Å². The highest BCUT2D eigenvalue weighted by Crippen LogP contribution is 2.21. The number of hydrogen-bond acceptors (Lipinski definition) is 3. The maximum absolute atomic E-state index is 10.3. The smallest absolute Gasteiger partial charge is 0.404 e. The zero-order valence-electron chi connectivity index (χ0n) is 9.40. The molecule has 0 aliphatic heterocycles. The van der Waals surface area contributed by atoms with E-state index < -0.39 is 6.09 Å². The van der Waals surface area contributed by atoms with Gasteiger partial charge in [0.25, 0.3) is 0 Å². The normalized spacial score (nSPS) is 9.94. The molecule has 2 N–H and O–H groups in total. The fourth-order valence-corrected chi connectivity index (χ4v) is 2.04. The molecular formula is C10H13BrN4O2. The van der Waals surface area contributed by atoms with Gasteiger partial charge in [-0.25, -0.2) is 4.79 Å². The Labute approximate surface area is 107 Å². The van der Waals surface area contributed by atoms with E-state index in [2.05, 4.69) is 26.3 Å². The standard InChI is InChI=1S/C10H13BrN4O2/c1-2-5-15-8(3-4-13-10(16)17)9(11)7(6-12)14-15/h13H,2-5H2,1H3,(H,16,17). The maximum atomic E-state index is 10.3. The van der Waals surface area contributed by atoms with Crippen molar-refractivity contribution in [3.63, 3.8) is 0 Å². The van der Waals surface area contributed by atoms with Crippen molar-refractivity contribution in [3.05, 3.63) is 15.9 Å². The predicted molar refractivity (Wildman–Crippen MR) is 64.7 cm³/mol. The van der Waals surface area contributed by atoms with Crippen molar-refractivity contribution in [2.24, 2.45) is 0 Å². The van der Waals surface area contributed by atoms with Crippen LogP contribution in [-0.4, -0.2) is 27.5 Å². The Kier molecular flexibility index (Phi) is 4.97. The van der Waals surface area contributed by atoms with E-state index >= 15 is 0 Å². The van der Waals surface area contributed by atoms with Gasteiger partial charge < -0.3 is 10.4 Å². The van der Waals surface area contributed by atoms with E-state index in [-0.39, 0.29) is 0 Å². The Balaban J connectivity index is 2.84. The van der Waals surface area contributed by atoms with E-state index in [4.69, 9.17) is 10.4 Å². The molecule has 0 aromatic carbocycles. The number of hydrogen-bond donors (Lipinski definition) is 2. The summed E-state index contributed by atoms with van der Waals surface area (Å²) in [4.78, 5) is 10.3. The van der Waals surface area contributed by atoms with E-state index in [1.165, 1.54) is 0 Å². The third-order valence-corrected chi connectivity index (χ3v) is 3.01. The minimum Gasteiger partial charge on any atom is -0.465 e. The van der Waals surface area contributed by atoms with Crippen LogP contribution in [0.1, 0.15) is 24.7 Å². The topological polar surface area (TPSA) is 90.9 Å². The van der Waals surface area contributed by atoms with Crippen LogP contribution in [0.4, 0.5) is 4.79 Å². The molecule has 1 aromatic rings. The number of carboxylic acid groups (broad SMARTS) is 1. The van der Waals surface area contributed by atoms with Crippen LogP contribution < -0.4 is 5.32 Å². The lowest BCUT2D eigenvalue weighted by Crippen LogP contribution is -2.24. The summed E-state index contributed by atoms with van der Waals surface area (Å²) >= 11 is 3.32. The van der Waals surface area contributed by atoms with Crippen LogP contribution in [0.5, 0.6) is 0 Å². The Bertz CT molecular complexity index is 450. The number of nitriles is 1. The largest absolute Gasteiger partial charge is 0.465 e. The molecule has 92 valence electrons. The lowest BCUT2D eigenvalue weighted by Gasteiger charge is -2.06. The number of rotatable bonds is 5.